The summed E-state index contributed by atoms with van der Waals surface area (Å²) < 4.78 is 0. The average Bonchev–Trinajstić information content (AvgIpc) is 2.26. The number of aromatic hydroxyl groups is 1. The monoisotopic (exact) mass is 248 g/mol. The number of carbonyl (C=O) groups is 2. The second-order valence-electron chi connectivity index (χ2n) is 4.01. The Morgan fingerprint density at radius 2 is 2.00 bits per heavy atom. The Labute approximate surface area is 106 Å². The van der Waals surface area contributed by atoms with Crippen molar-refractivity contribution in [2.24, 2.45) is 5.73 Å². The zero-order valence-electron chi connectivity index (χ0n) is 10.6. The standard InChI is InChI=1S/C13H16N2O3/c1-8-6-12(17)10(4-5-13(14)18)7-11(8)15(3)9(2)16/h4-7,17H,1-3H3,(H2,14,18)/b5-4+. The molecule has 0 aliphatic rings. The summed E-state index contributed by atoms with van der Waals surface area (Å²) in [7, 11) is 1.64. The number of carbonyl (C=O) groups excluding carboxylic acids is 2. The minimum absolute atomic E-state index is 0.0331. The van der Waals surface area contributed by atoms with Crippen molar-refractivity contribution in [2.45, 2.75) is 13.8 Å². The molecule has 0 aromatic heterocycles. The highest BCUT2D eigenvalue weighted by Gasteiger charge is 2.11. The lowest BCUT2D eigenvalue weighted by Gasteiger charge is -2.18. The minimum Gasteiger partial charge on any atom is -0.507 e. The van der Waals surface area contributed by atoms with E-state index in [4.69, 9.17) is 5.73 Å². The van der Waals surface area contributed by atoms with Gasteiger partial charge in [-0.15, -0.1) is 0 Å². The van der Waals surface area contributed by atoms with Gasteiger partial charge in [-0.05, 0) is 30.7 Å². The summed E-state index contributed by atoms with van der Waals surface area (Å²) in [5, 5.41) is 9.74. The summed E-state index contributed by atoms with van der Waals surface area (Å²) in [6, 6.07) is 3.17. The van der Waals surface area contributed by atoms with E-state index >= 15 is 0 Å². The molecule has 0 spiro atoms. The van der Waals surface area contributed by atoms with Crippen molar-refractivity contribution in [1.29, 1.82) is 0 Å². The van der Waals surface area contributed by atoms with Gasteiger partial charge in [-0.3, -0.25) is 9.59 Å². The number of aryl methyl sites for hydroxylation is 1. The Hall–Kier alpha value is -2.30. The Morgan fingerprint density at radius 1 is 1.39 bits per heavy atom. The molecule has 0 bridgehead atoms. The fraction of sp³-hybridized carbons (Fsp3) is 0.231. The molecule has 0 aliphatic heterocycles. The molecular weight excluding hydrogens is 232 g/mol. The van der Waals surface area contributed by atoms with Crippen LogP contribution < -0.4 is 10.6 Å². The highest BCUT2D eigenvalue weighted by Crippen LogP contribution is 2.28. The Balaban J connectivity index is 3.26. The number of nitrogens with zero attached hydrogens (tertiary/aromatic N) is 1. The summed E-state index contributed by atoms with van der Waals surface area (Å²) in [5.41, 5.74) is 6.86. The van der Waals surface area contributed by atoms with Gasteiger partial charge in [0.25, 0.3) is 0 Å². The molecule has 0 unspecified atom stereocenters. The van der Waals surface area contributed by atoms with E-state index in [2.05, 4.69) is 0 Å². The predicted octanol–water partition coefficient (Wildman–Crippen LogP) is 1.18. The van der Waals surface area contributed by atoms with Crippen LogP contribution in [0.5, 0.6) is 5.75 Å². The third-order valence-electron chi connectivity index (χ3n) is 2.61. The van der Waals surface area contributed by atoms with E-state index in [-0.39, 0.29) is 11.7 Å². The first kappa shape index (κ1) is 13.8. The number of benzene rings is 1. The Kier molecular flexibility index (Phi) is 4.09. The van der Waals surface area contributed by atoms with E-state index in [0.717, 1.165) is 11.6 Å². The van der Waals surface area contributed by atoms with Crippen molar-refractivity contribution in [3.05, 3.63) is 29.3 Å². The van der Waals surface area contributed by atoms with Crippen molar-refractivity contribution < 1.29 is 14.7 Å². The van der Waals surface area contributed by atoms with Gasteiger partial charge >= 0.3 is 0 Å². The van der Waals surface area contributed by atoms with Gasteiger partial charge < -0.3 is 15.7 Å². The molecule has 3 N–H and O–H groups in total. The molecular formula is C13H16N2O3. The smallest absolute Gasteiger partial charge is 0.241 e. The van der Waals surface area contributed by atoms with Gasteiger partial charge in [-0.2, -0.15) is 0 Å². The van der Waals surface area contributed by atoms with Crippen LogP contribution in [-0.2, 0) is 9.59 Å². The van der Waals surface area contributed by atoms with Gasteiger partial charge in [-0.25, -0.2) is 0 Å². The molecule has 0 aliphatic carbocycles. The molecule has 5 nitrogen and oxygen atoms in total. The van der Waals surface area contributed by atoms with E-state index in [1.165, 1.54) is 24.0 Å². The van der Waals surface area contributed by atoms with Gasteiger partial charge in [0.05, 0.1) is 0 Å². The van der Waals surface area contributed by atoms with Crippen molar-refractivity contribution in [3.8, 4) is 5.75 Å². The molecule has 1 rings (SSSR count). The number of hydrogen-bond donors (Lipinski definition) is 2. The number of phenols is 1. The number of hydrogen-bond acceptors (Lipinski definition) is 3. The largest absolute Gasteiger partial charge is 0.507 e. The molecule has 96 valence electrons. The van der Waals surface area contributed by atoms with Crippen molar-refractivity contribution in [1.82, 2.24) is 0 Å². The highest BCUT2D eigenvalue weighted by molar-refractivity contribution is 5.94. The molecule has 5 heteroatoms. The average molecular weight is 248 g/mol. The number of anilines is 1. The first-order valence-electron chi connectivity index (χ1n) is 5.38. The predicted molar refractivity (Wildman–Crippen MR) is 70.2 cm³/mol. The first-order chi connectivity index (χ1) is 8.32. The van der Waals surface area contributed by atoms with E-state index in [9.17, 15) is 14.7 Å². The Bertz CT molecular complexity index is 521. The maximum Gasteiger partial charge on any atom is 0.241 e. The lowest BCUT2D eigenvalue weighted by Crippen LogP contribution is -2.23. The van der Waals surface area contributed by atoms with Crippen LogP contribution in [0.2, 0.25) is 0 Å². The highest BCUT2D eigenvalue weighted by atomic mass is 16.3. The van der Waals surface area contributed by atoms with Crippen molar-refractivity contribution in [3.63, 3.8) is 0 Å². The molecule has 1 aromatic rings. The molecule has 0 fully saturated rings. The van der Waals surface area contributed by atoms with E-state index in [0.29, 0.717) is 11.3 Å². The van der Waals surface area contributed by atoms with Crippen LogP contribution in [0, 0.1) is 6.92 Å². The third kappa shape index (κ3) is 3.10. The topological polar surface area (TPSA) is 83.6 Å². The number of phenolic OH excluding ortho intramolecular Hbond substituents is 1. The van der Waals surface area contributed by atoms with Gasteiger partial charge in [-0.1, -0.05) is 0 Å². The van der Waals surface area contributed by atoms with Gasteiger partial charge in [0, 0.05) is 31.3 Å². The zero-order valence-corrected chi connectivity index (χ0v) is 10.6. The molecule has 18 heavy (non-hydrogen) atoms. The number of nitrogens with two attached hydrogens (primary N) is 1. The van der Waals surface area contributed by atoms with Crippen LogP contribution in [0.1, 0.15) is 18.1 Å². The van der Waals surface area contributed by atoms with Crippen LogP contribution in [0.25, 0.3) is 6.08 Å². The molecule has 0 atom stereocenters. The lowest BCUT2D eigenvalue weighted by molar-refractivity contribution is -0.116. The number of primary amides is 1. The van der Waals surface area contributed by atoms with E-state index in [1.54, 1.807) is 20.0 Å². The minimum atomic E-state index is -0.601. The van der Waals surface area contributed by atoms with Gasteiger partial charge in [0.1, 0.15) is 5.75 Å². The van der Waals surface area contributed by atoms with E-state index in [1.807, 2.05) is 0 Å². The molecule has 0 heterocycles. The molecule has 0 radical (unpaired) electrons. The van der Waals surface area contributed by atoms with Crippen molar-refractivity contribution >= 4 is 23.6 Å². The van der Waals surface area contributed by atoms with Crippen LogP contribution in [0.4, 0.5) is 5.69 Å². The second-order valence-corrected chi connectivity index (χ2v) is 4.01. The van der Waals surface area contributed by atoms with Gasteiger partial charge in [0.15, 0.2) is 0 Å². The maximum atomic E-state index is 11.3. The quantitative estimate of drug-likeness (QED) is 0.788. The number of amides is 2. The molecule has 0 saturated heterocycles. The van der Waals surface area contributed by atoms with Crippen molar-refractivity contribution in [2.75, 3.05) is 11.9 Å². The molecule has 1 aromatic carbocycles. The Morgan fingerprint density at radius 3 is 2.50 bits per heavy atom. The van der Waals surface area contributed by atoms with Crippen LogP contribution in [0.3, 0.4) is 0 Å². The van der Waals surface area contributed by atoms with E-state index < -0.39 is 5.91 Å². The van der Waals surface area contributed by atoms with Gasteiger partial charge in [0.2, 0.25) is 11.8 Å². The zero-order chi connectivity index (χ0) is 13.9. The summed E-state index contributed by atoms with van der Waals surface area (Å²) in [6.07, 6.45) is 2.57. The fourth-order valence-corrected chi connectivity index (χ4v) is 1.53. The van der Waals surface area contributed by atoms with Crippen LogP contribution in [-0.4, -0.2) is 24.0 Å². The SMILES string of the molecule is CC(=O)N(C)c1cc(/C=C/C(N)=O)c(O)cc1C. The fourth-order valence-electron chi connectivity index (χ4n) is 1.53. The maximum absolute atomic E-state index is 11.3. The normalized spacial score (nSPS) is 10.6. The summed E-state index contributed by atoms with van der Waals surface area (Å²) in [5.74, 6) is -0.684. The summed E-state index contributed by atoms with van der Waals surface area (Å²) in [6.45, 7) is 3.24. The lowest BCUT2D eigenvalue weighted by atomic mass is 10.1. The molecule has 2 amide bonds. The van der Waals surface area contributed by atoms with Crippen LogP contribution >= 0.6 is 0 Å². The first-order valence-corrected chi connectivity index (χ1v) is 5.38. The molecule has 0 saturated carbocycles. The van der Waals surface area contributed by atoms with Crippen LogP contribution in [0.15, 0.2) is 18.2 Å². The summed E-state index contributed by atoms with van der Waals surface area (Å²) >= 11 is 0. The number of rotatable bonds is 3. The second kappa shape index (κ2) is 5.35. The third-order valence-corrected chi connectivity index (χ3v) is 2.61. The summed E-state index contributed by atoms with van der Waals surface area (Å²) in [4.78, 5) is 23.5.